The Labute approximate surface area is 222 Å². The lowest BCUT2D eigenvalue weighted by Gasteiger charge is -2.68. The van der Waals surface area contributed by atoms with Crippen molar-refractivity contribution in [2.75, 3.05) is 4.90 Å². The Balaban J connectivity index is 1.50. The van der Waals surface area contributed by atoms with Crippen molar-refractivity contribution < 1.29 is 24.4 Å². The number of carboxylic acids is 1. The van der Waals surface area contributed by atoms with Gasteiger partial charge < -0.3 is 5.11 Å². The number of hydrogen-bond acceptors (Lipinski definition) is 5. The van der Waals surface area contributed by atoms with Gasteiger partial charge in [-0.3, -0.25) is 24.5 Å². The molecule has 1 aromatic rings. The summed E-state index contributed by atoms with van der Waals surface area (Å²) in [6.07, 6.45) is 6.84. The third kappa shape index (κ3) is 2.94. The maximum Gasteiger partial charge on any atom is 0.309 e. The van der Waals surface area contributed by atoms with Crippen molar-refractivity contribution in [1.82, 2.24) is 0 Å². The van der Waals surface area contributed by atoms with Crippen molar-refractivity contribution in [3.63, 3.8) is 0 Å². The highest BCUT2D eigenvalue weighted by Gasteiger charge is 2.73. The van der Waals surface area contributed by atoms with Gasteiger partial charge in [0.15, 0.2) is 0 Å². The van der Waals surface area contributed by atoms with E-state index in [1.54, 1.807) is 12.1 Å². The number of imide groups is 1. The van der Waals surface area contributed by atoms with E-state index < -0.39 is 33.6 Å². The lowest BCUT2D eigenvalue weighted by Crippen LogP contribution is -2.65. The summed E-state index contributed by atoms with van der Waals surface area (Å²) < 4.78 is 0. The lowest BCUT2D eigenvalue weighted by atomic mass is 9.34. The minimum atomic E-state index is -0.804. The van der Waals surface area contributed by atoms with E-state index in [9.17, 15) is 29.6 Å². The first-order valence-electron chi connectivity index (χ1n) is 14.0. The molecule has 38 heavy (non-hydrogen) atoms. The van der Waals surface area contributed by atoms with E-state index in [0.29, 0.717) is 19.3 Å². The summed E-state index contributed by atoms with van der Waals surface area (Å²) in [5, 5.41) is 22.1. The molecule has 1 heterocycles. The van der Waals surface area contributed by atoms with Crippen LogP contribution in [0.4, 0.5) is 11.4 Å². The van der Waals surface area contributed by atoms with E-state index in [1.807, 2.05) is 6.92 Å². The lowest BCUT2D eigenvalue weighted by molar-refractivity contribution is -0.384. The number of nitrogens with zero attached hydrogens (tertiary/aromatic N) is 2. The van der Waals surface area contributed by atoms with Gasteiger partial charge in [-0.25, -0.2) is 4.90 Å². The molecular weight excluding hydrogens is 484 g/mol. The number of carboxylic acid groups (broad SMARTS) is 1. The van der Waals surface area contributed by atoms with E-state index in [4.69, 9.17) is 0 Å². The standard InChI is InChI=1S/C30H36N2O6/c1-16(2)18-15-30-13-10-21-28(3,11-7-12-29(21,4)27(35)36)22(30)14-17(18)23-24(30)26(34)31(25(23)33)19-8-5-6-9-20(19)32(37)38/h5-6,8-9,15-17,21-24H,7,10-14H2,1-4H3,(H,35,36)/t17-,21-,22-,23-,24+,28+,29-,30+/m1/s1. The zero-order valence-corrected chi connectivity index (χ0v) is 22.5. The van der Waals surface area contributed by atoms with Crippen LogP contribution in [0.2, 0.25) is 0 Å². The highest BCUT2D eigenvalue weighted by atomic mass is 16.6. The molecule has 1 aromatic carbocycles. The van der Waals surface area contributed by atoms with Crippen LogP contribution >= 0.6 is 0 Å². The molecule has 8 heteroatoms. The van der Waals surface area contributed by atoms with E-state index in [2.05, 4.69) is 26.8 Å². The topological polar surface area (TPSA) is 118 Å². The van der Waals surface area contributed by atoms with Gasteiger partial charge in [-0.1, -0.05) is 51.0 Å². The number of hydrogen-bond donors (Lipinski definition) is 1. The van der Waals surface area contributed by atoms with Crippen LogP contribution in [0, 0.1) is 61.9 Å². The summed E-state index contributed by atoms with van der Waals surface area (Å²) in [4.78, 5) is 53.3. The minimum Gasteiger partial charge on any atom is -0.481 e. The second kappa shape index (κ2) is 7.99. The largest absolute Gasteiger partial charge is 0.481 e. The molecule has 0 radical (unpaired) electrons. The number of anilines is 1. The Morgan fingerprint density at radius 3 is 2.47 bits per heavy atom. The quantitative estimate of drug-likeness (QED) is 0.239. The normalized spacial score (nSPS) is 41.4. The fourth-order valence-electron chi connectivity index (χ4n) is 10.0. The number of allylic oxidation sites excluding steroid dienone is 2. The van der Waals surface area contributed by atoms with Crippen molar-refractivity contribution in [3.8, 4) is 0 Å². The molecule has 1 aliphatic heterocycles. The Kier molecular flexibility index (Phi) is 5.31. The maximum atomic E-state index is 14.3. The highest BCUT2D eigenvalue weighted by Crippen LogP contribution is 2.74. The number of carbonyl (C=O) groups is 3. The second-order valence-corrected chi connectivity index (χ2v) is 13.2. The first-order chi connectivity index (χ1) is 17.9. The van der Waals surface area contributed by atoms with Gasteiger partial charge in [0, 0.05) is 11.5 Å². The van der Waals surface area contributed by atoms with Crippen molar-refractivity contribution in [1.29, 1.82) is 0 Å². The number of para-hydroxylation sites is 2. The van der Waals surface area contributed by atoms with Gasteiger partial charge in [0.25, 0.3) is 5.69 Å². The maximum absolute atomic E-state index is 14.3. The summed E-state index contributed by atoms with van der Waals surface area (Å²) in [6, 6.07) is 6.00. The molecule has 3 saturated carbocycles. The summed E-state index contributed by atoms with van der Waals surface area (Å²) >= 11 is 0. The van der Waals surface area contributed by atoms with Gasteiger partial charge in [0.05, 0.1) is 22.2 Å². The molecule has 6 aliphatic rings. The molecule has 0 unspecified atom stereocenters. The molecular formula is C30H36N2O6. The van der Waals surface area contributed by atoms with Gasteiger partial charge in [0.1, 0.15) is 5.69 Å². The van der Waals surface area contributed by atoms with E-state index in [-0.39, 0.29) is 52.3 Å². The molecule has 2 bridgehead atoms. The SMILES string of the molecule is CC(C)C1=C[C@@]23CC[C@@H]4[C@](C)(CCC[C@@]4(C)C(=O)O)[C@H]2C[C@H]1[C@H]1C(=O)N(c2ccccc2[N+](=O)[O-])C(=O)[C@H]13. The molecule has 1 saturated heterocycles. The van der Waals surface area contributed by atoms with Gasteiger partial charge in [0.2, 0.25) is 11.8 Å². The average molecular weight is 521 g/mol. The zero-order chi connectivity index (χ0) is 27.4. The van der Waals surface area contributed by atoms with Crippen LogP contribution in [0.15, 0.2) is 35.9 Å². The van der Waals surface area contributed by atoms with Gasteiger partial charge in [-0.2, -0.15) is 0 Å². The van der Waals surface area contributed by atoms with Crippen LogP contribution in [0.1, 0.15) is 66.2 Å². The van der Waals surface area contributed by atoms with E-state index in [1.165, 1.54) is 17.7 Å². The molecule has 7 rings (SSSR count). The predicted molar refractivity (Wildman–Crippen MR) is 140 cm³/mol. The number of nitro groups is 1. The fraction of sp³-hybridized carbons (Fsp3) is 0.633. The monoisotopic (exact) mass is 520 g/mol. The van der Waals surface area contributed by atoms with Crippen LogP contribution in [0.3, 0.4) is 0 Å². The van der Waals surface area contributed by atoms with Crippen LogP contribution in [0.25, 0.3) is 0 Å². The van der Waals surface area contributed by atoms with Gasteiger partial charge >= 0.3 is 5.97 Å². The van der Waals surface area contributed by atoms with Crippen LogP contribution < -0.4 is 4.90 Å². The first kappa shape index (κ1) is 25.3. The first-order valence-corrected chi connectivity index (χ1v) is 14.0. The van der Waals surface area contributed by atoms with Crippen molar-refractivity contribution in [2.45, 2.75) is 66.2 Å². The minimum absolute atomic E-state index is 0.00379. The van der Waals surface area contributed by atoms with Crippen molar-refractivity contribution >= 4 is 29.2 Å². The van der Waals surface area contributed by atoms with Crippen LogP contribution in [0.5, 0.6) is 0 Å². The average Bonchev–Trinajstić information content (AvgIpc) is 3.15. The number of nitro benzene ring substituents is 1. The van der Waals surface area contributed by atoms with E-state index in [0.717, 1.165) is 24.2 Å². The predicted octanol–water partition coefficient (Wildman–Crippen LogP) is 5.61. The molecule has 4 fully saturated rings. The third-order valence-electron chi connectivity index (χ3n) is 11.5. The smallest absolute Gasteiger partial charge is 0.309 e. The Morgan fingerprint density at radius 2 is 1.82 bits per heavy atom. The Bertz CT molecular complexity index is 1300. The molecule has 8 nitrogen and oxygen atoms in total. The second-order valence-electron chi connectivity index (χ2n) is 13.2. The fourth-order valence-corrected chi connectivity index (χ4v) is 10.0. The number of amides is 2. The number of rotatable bonds is 4. The molecule has 0 aromatic heterocycles. The highest BCUT2D eigenvalue weighted by molar-refractivity contribution is 6.23. The van der Waals surface area contributed by atoms with Crippen molar-refractivity contribution in [3.05, 3.63) is 46.0 Å². The zero-order valence-electron chi connectivity index (χ0n) is 22.5. The van der Waals surface area contributed by atoms with Crippen molar-refractivity contribution in [2.24, 2.45) is 51.8 Å². The summed E-state index contributed by atoms with van der Waals surface area (Å²) in [5.74, 6) is -2.32. The van der Waals surface area contributed by atoms with Gasteiger partial charge in [-0.15, -0.1) is 0 Å². The Hall–Kier alpha value is -3.03. The van der Waals surface area contributed by atoms with E-state index >= 15 is 0 Å². The molecule has 5 aliphatic carbocycles. The number of benzene rings is 1. The summed E-state index contributed by atoms with van der Waals surface area (Å²) in [7, 11) is 0. The van der Waals surface area contributed by atoms with Gasteiger partial charge in [-0.05, 0) is 74.2 Å². The van der Waals surface area contributed by atoms with Crippen LogP contribution in [-0.2, 0) is 14.4 Å². The number of fused-ring (bicyclic) bond motifs is 1. The third-order valence-corrected chi connectivity index (χ3v) is 11.5. The number of aliphatic carboxylic acids is 1. The van der Waals surface area contributed by atoms with Crippen LogP contribution in [-0.4, -0.2) is 27.8 Å². The molecule has 2 amide bonds. The Morgan fingerprint density at radius 1 is 1.11 bits per heavy atom. The molecule has 202 valence electrons. The molecule has 1 spiro atoms. The molecule has 1 N–H and O–H groups in total. The number of carbonyl (C=O) groups excluding carboxylic acids is 2. The summed E-state index contributed by atoms with van der Waals surface area (Å²) in [5.41, 5.74) is -0.593. The molecule has 8 atom stereocenters. The summed E-state index contributed by atoms with van der Waals surface area (Å²) in [6.45, 7) is 8.39.